The van der Waals surface area contributed by atoms with Crippen LogP contribution in [-0.2, 0) is 11.2 Å². The second-order valence-corrected chi connectivity index (χ2v) is 6.72. The largest absolute Gasteiger partial charge is 0.337 e. The number of nitrogens with one attached hydrogen (secondary N) is 1. The van der Waals surface area contributed by atoms with Gasteiger partial charge in [0, 0.05) is 35.7 Å². The number of carbonyl (C=O) groups is 1. The van der Waals surface area contributed by atoms with E-state index in [1.807, 2.05) is 4.90 Å². The van der Waals surface area contributed by atoms with E-state index < -0.39 is 0 Å². The fourth-order valence-electron chi connectivity index (χ4n) is 2.61. The predicted molar refractivity (Wildman–Crippen MR) is 90.8 cm³/mol. The van der Waals surface area contributed by atoms with E-state index >= 15 is 0 Å². The predicted octanol–water partition coefficient (Wildman–Crippen LogP) is 2.82. The van der Waals surface area contributed by atoms with Crippen molar-refractivity contribution in [2.45, 2.75) is 38.6 Å². The van der Waals surface area contributed by atoms with Crippen LogP contribution in [0, 0.1) is 3.57 Å². The number of hydrogen-bond donors (Lipinski definition) is 1. The molecule has 0 radical (unpaired) electrons. The van der Waals surface area contributed by atoms with Crippen molar-refractivity contribution in [2.75, 3.05) is 19.6 Å². The number of halogens is 1. The molecule has 2 rings (SSSR count). The number of piperazine rings is 1. The van der Waals surface area contributed by atoms with Gasteiger partial charge >= 0.3 is 0 Å². The van der Waals surface area contributed by atoms with Gasteiger partial charge < -0.3 is 10.2 Å². The van der Waals surface area contributed by atoms with Gasteiger partial charge in [-0.15, -0.1) is 0 Å². The highest BCUT2D eigenvalue weighted by Gasteiger charge is 2.21. The molecule has 0 bridgehead atoms. The summed E-state index contributed by atoms with van der Waals surface area (Å²) < 4.78 is 1.27. The van der Waals surface area contributed by atoms with Crippen molar-refractivity contribution in [1.82, 2.24) is 10.2 Å². The van der Waals surface area contributed by atoms with Crippen LogP contribution in [-0.4, -0.2) is 36.5 Å². The van der Waals surface area contributed by atoms with Gasteiger partial charge in [0.15, 0.2) is 0 Å². The van der Waals surface area contributed by atoms with Crippen LogP contribution in [0.15, 0.2) is 24.3 Å². The molecule has 0 saturated carbocycles. The number of rotatable bonds is 5. The quantitative estimate of drug-likeness (QED) is 0.624. The topological polar surface area (TPSA) is 32.3 Å². The Morgan fingerprint density at radius 3 is 2.80 bits per heavy atom. The van der Waals surface area contributed by atoms with Crippen LogP contribution in [0.4, 0.5) is 0 Å². The van der Waals surface area contributed by atoms with E-state index in [-0.39, 0.29) is 0 Å². The molecule has 0 aromatic heterocycles. The monoisotopic (exact) mass is 386 g/mol. The average molecular weight is 386 g/mol. The Hall–Kier alpha value is -0.620. The molecule has 20 heavy (non-hydrogen) atoms. The molecule has 3 nitrogen and oxygen atoms in total. The van der Waals surface area contributed by atoms with E-state index in [0.717, 1.165) is 38.9 Å². The molecular formula is C16H23IN2O. The van der Waals surface area contributed by atoms with Gasteiger partial charge in [-0.05, 0) is 66.5 Å². The van der Waals surface area contributed by atoms with Crippen molar-refractivity contribution < 1.29 is 4.79 Å². The fourth-order valence-corrected chi connectivity index (χ4v) is 2.97. The maximum absolute atomic E-state index is 12.2. The Balaban J connectivity index is 1.67. The Labute approximate surface area is 135 Å². The minimum Gasteiger partial charge on any atom is -0.337 e. The highest BCUT2D eigenvalue weighted by atomic mass is 127. The number of amides is 1. The van der Waals surface area contributed by atoms with Gasteiger partial charge in [-0.2, -0.15) is 0 Å². The minimum atomic E-state index is 0.321. The number of aryl methyl sites for hydroxylation is 1. The molecule has 1 aliphatic rings. The number of unbranched alkanes of at least 4 members (excludes halogenated alkanes) is 1. The smallest absolute Gasteiger partial charge is 0.222 e. The lowest BCUT2D eigenvalue weighted by Gasteiger charge is -2.34. The third kappa shape index (κ3) is 4.74. The van der Waals surface area contributed by atoms with E-state index in [1.54, 1.807) is 0 Å². The summed E-state index contributed by atoms with van der Waals surface area (Å²) in [6, 6.07) is 8.99. The maximum Gasteiger partial charge on any atom is 0.222 e. The van der Waals surface area contributed by atoms with Crippen molar-refractivity contribution in [3.63, 3.8) is 0 Å². The first-order chi connectivity index (χ1) is 9.66. The molecule has 0 spiro atoms. The molecule has 1 fully saturated rings. The van der Waals surface area contributed by atoms with Crippen LogP contribution < -0.4 is 5.32 Å². The first-order valence-electron chi connectivity index (χ1n) is 7.41. The van der Waals surface area contributed by atoms with Gasteiger partial charge in [0.05, 0.1) is 0 Å². The van der Waals surface area contributed by atoms with E-state index in [9.17, 15) is 4.79 Å². The van der Waals surface area contributed by atoms with E-state index in [2.05, 4.69) is 59.1 Å². The molecular weight excluding hydrogens is 363 g/mol. The lowest BCUT2D eigenvalue weighted by molar-refractivity contribution is -0.134. The molecule has 1 amide bonds. The Morgan fingerprint density at radius 2 is 2.10 bits per heavy atom. The zero-order valence-corrected chi connectivity index (χ0v) is 14.2. The van der Waals surface area contributed by atoms with Crippen LogP contribution in [0.1, 0.15) is 31.7 Å². The Morgan fingerprint density at radius 1 is 1.35 bits per heavy atom. The fraction of sp³-hybridized carbons (Fsp3) is 0.562. The van der Waals surface area contributed by atoms with Crippen molar-refractivity contribution in [3.05, 3.63) is 33.4 Å². The first-order valence-corrected chi connectivity index (χ1v) is 8.49. The third-order valence-electron chi connectivity index (χ3n) is 3.84. The number of hydrogen-bond acceptors (Lipinski definition) is 2. The molecule has 1 aromatic carbocycles. The lowest BCUT2D eigenvalue weighted by atomic mass is 10.1. The summed E-state index contributed by atoms with van der Waals surface area (Å²) in [5, 5.41) is 3.32. The summed E-state index contributed by atoms with van der Waals surface area (Å²) in [7, 11) is 0. The molecule has 1 heterocycles. The molecule has 1 unspecified atom stereocenters. The van der Waals surface area contributed by atoms with Crippen molar-refractivity contribution >= 4 is 28.5 Å². The average Bonchev–Trinajstić information content (AvgIpc) is 2.46. The van der Waals surface area contributed by atoms with Gasteiger partial charge in [-0.3, -0.25) is 4.79 Å². The maximum atomic E-state index is 12.2. The SMILES string of the molecule is CC1CNCCN1C(=O)CCCCc1ccc(I)cc1. The van der Waals surface area contributed by atoms with Crippen molar-refractivity contribution in [2.24, 2.45) is 0 Å². The summed E-state index contributed by atoms with van der Waals surface area (Å²) in [5.74, 6) is 0.321. The molecule has 1 N–H and O–H groups in total. The first kappa shape index (κ1) is 15.8. The number of nitrogens with zero attached hydrogens (tertiary/aromatic N) is 1. The summed E-state index contributed by atoms with van der Waals surface area (Å²) in [6.45, 7) is 4.83. The van der Waals surface area contributed by atoms with Crippen molar-refractivity contribution in [1.29, 1.82) is 0 Å². The second kappa shape index (κ2) is 7.98. The summed E-state index contributed by atoms with van der Waals surface area (Å²) in [6.07, 6.45) is 3.84. The molecule has 0 aliphatic carbocycles. The van der Waals surface area contributed by atoms with Crippen LogP contribution in [0.25, 0.3) is 0 Å². The van der Waals surface area contributed by atoms with Gasteiger partial charge in [-0.1, -0.05) is 12.1 Å². The minimum absolute atomic E-state index is 0.321. The highest BCUT2D eigenvalue weighted by molar-refractivity contribution is 14.1. The van der Waals surface area contributed by atoms with Crippen molar-refractivity contribution in [3.8, 4) is 0 Å². The van der Waals surface area contributed by atoms with Crippen LogP contribution in [0.5, 0.6) is 0 Å². The Bertz CT molecular complexity index is 433. The summed E-state index contributed by atoms with van der Waals surface area (Å²) in [5.41, 5.74) is 1.37. The van der Waals surface area contributed by atoms with Crippen LogP contribution >= 0.6 is 22.6 Å². The van der Waals surface area contributed by atoms with E-state index in [4.69, 9.17) is 0 Å². The van der Waals surface area contributed by atoms with Gasteiger partial charge in [0.2, 0.25) is 5.91 Å². The van der Waals surface area contributed by atoms with E-state index in [1.165, 1.54) is 9.13 Å². The standard InChI is InChI=1S/C16H23IN2O/c1-13-12-18-10-11-19(13)16(20)5-3-2-4-14-6-8-15(17)9-7-14/h6-9,13,18H,2-5,10-12H2,1H3. The highest BCUT2D eigenvalue weighted by Crippen LogP contribution is 2.12. The lowest BCUT2D eigenvalue weighted by Crippen LogP contribution is -2.52. The second-order valence-electron chi connectivity index (χ2n) is 5.47. The molecule has 110 valence electrons. The third-order valence-corrected chi connectivity index (χ3v) is 4.56. The van der Waals surface area contributed by atoms with Crippen LogP contribution in [0.3, 0.4) is 0 Å². The molecule has 1 atom stereocenters. The molecule has 4 heteroatoms. The molecule has 1 aliphatic heterocycles. The van der Waals surface area contributed by atoms with E-state index in [0.29, 0.717) is 18.4 Å². The normalized spacial score (nSPS) is 19.1. The zero-order chi connectivity index (χ0) is 14.4. The number of benzene rings is 1. The number of carbonyl (C=O) groups excluding carboxylic acids is 1. The van der Waals surface area contributed by atoms with Gasteiger partial charge in [0.1, 0.15) is 0 Å². The zero-order valence-electron chi connectivity index (χ0n) is 12.1. The van der Waals surface area contributed by atoms with Crippen LogP contribution in [0.2, 0.25) is 0 Å². The summed E-state index contributed by atoms with van der Waals surface area (Å²) >= 11 is 2.32. The molecule has 1 aromatic rings. The molecule has 1 saturated heterocycles. The van der Waals surface area contributed by atoms with Gasteiger partial charge in [0.25, 0.3) is 0 Å². The summed E-state index contributed by atoms with van der Waals surface area (Å²) in [4.78, 5) is 14.2. The van der Waals surface area contributed by atoms with Gasteiger partial charge in [-0.25, -0.2) is 0 Å². The Kier molecular flexibility index (Phi) is 6.29.